The molecule has 18 heavy (non-hydrogen) atoms. The standard InChI is InChI=1S/C14H20ClNO2/c1-9(2)16(8-14(17)18)7-13-10(3)5-12(15)6-11(13)4/h5-6,9H,7-8H2,1-4H3,(H,17,18). The van der Waals surface area contributed by atoms with Crippen LogP contribution in [0.1, 0.15) is 30.5 Å². The summed E-state index contributed by atoms with van der Waals surface area (Å²) < 4.78 is 0. The second-order valence-corrected chi connectivity index (χ2v) is 5.35. The van der Waals surface area contributed by atoms with Gasteiger partial charge in [-0.3, -0.25) is 9.69 Å². The number of halogens is 1. The van der Waals surface area contributed by atoms with Crippen LogP contribution in [0.3, 0.4) is 0 Å². The van der Waals surface area contributed by atoms with Crippen molar-refractivity contribution < 1.29 is 9.90 Å². The third-order valence-electron chi connectivity index (χ3n) is 3.09. The molecule has 100 valence electrons. The molecule has 0 aliphatic rings. The number of aliphatic carboxylic acids is 1. The molecule has 0 saturated carbocycles. The van der Waals surface area contributed by atoms with Gasteiger partial charge in [0.1, 0.15) is 0 Å². The first-order valence-corrected chi connectivity index (χ1v) is 6.40. The molecular formula is C14H20ClNO2. The second kappa shape index (κ2) is 6.21. The van der Waals surface area contributed by atoms with Crippen molar-refractivity contribution in [2.75, 3.05) is 6.54 Å². The van der Waals surface area contributed by atoms with E-state index in [0.717, 1.165) is 21.7 Å². The summed E-state index contributed by atoms with van der Waals surface area (Å²) in [5.74, 6) is -0.798. The summed E-state index contributed by atoms with van der Waals surface area (Å²) in [7, 11) is 0. The van der Waals surface area contributed by atoms with Gasteiger partial charge in [-0.25, -0.2) is 0 Å². The normalized spacial score (nSPS) is 11.3. The van der Waals surface area contributed by atoms with Gasteiger partial charge in [0, 0.05) is 17.6 Å². The van der Waals surface area contributed by atoms with Crippen LogP contribution in [0.25, 0.3) is 0 Å². The van der Waals surface area contributed by atoms with E-state index in [1.165, 1.54) is 0 Å². The van der Waals surface area contributed by atoms with Crippen molar-refractivity contribution in [3.05, 3.63) is 33.8 Å². The first-order valence-electron chi connectivity index (χ1n) is 6.02. The van der Waals surface area contributed by atoms with Crippen molar-refractivity contribution in [3.8, 4) is 0 Å². The molecule has 1 N–H and O–H groups in total. The Morgan fingerprint density at radius 3 is 2.22 bits per heavy atom. The summed E-state index contributed by atoms with van der Waals surface area (Å²) in [6, 6.07) is 4.03. The summed E-state index contributed by atoms with van der Waals surface area (Å²) in [6.07, 6.45) is 0. The minimum Gasteiger partial charge on any atom is -0.480 e. The summed E-state index contributed by atoms with van der Waals surface area (Å²) in [6.45, 7) is 8.71. The number of nitrogens with zero attached hydrogens (tertiary/aromatic N) is 1. The molecule has 4 heteroatoms. The van der Waals surface area contributed by atoms with Gasteiger partial charge in [0.15, 0.2) is 0 Å². The highest BCUT2D eigenvalue weighted by molar-refractivity contribution is 6.30. The zero-order chi connectivity index (χ0) is 13.9. The molecule has 0 spiro atoms. The van der Waals surface area contributed by atoms with Crippen molar-refractivity contribution in [2.24, 2.45) is 0 Å². The largest absolute Gasteiger partial charge is 0.480 e. The van der Waals surface area contributed by atoms with E-state index in [1.54, 1.807) is 0 Å². The summed E-state index contributed by atoms with van der Waals surface area (Å²) in [5, 5.41) is 9.66. The molecule has 0 saturated heterocycles. The summed E-state index contributed by atoms with van der Waals surface area (Å²) >= 11 is 6.00. The molecule has 0 atom stereocenters. The number of hydrogen-bond acceptors (Lipinski definition) is 2. The molecule has 0 unspecified atom stereocenters. The van der Waals surface area contributed by atoms with Crippen LogP contribution in [0.15, 0.2) is 12.1 Å². The molecule has 0 aromatic heterocycles. The molecule has 0 fully saturated rings. The van der Waals surface area contributed by atoms with Crippen molar-refractivity contribution in [2.45, 2.75) is 40.3 Å². The van der Waals surface area contributed by atoms with Crippen LogP contribution in [-0.2, 0) is 11.3 Å². The SMILES string of the molecule is Cc1cc(Cl)cc(C)c1CN(CC(=O)O)C(C)C. The maximum Gasteiger partial charge on any atom is 0.317 e. The zero-order valence-corrected chi connectivity index (χ0v) is 12.1. The van der Waals surface area contributed by atoms with Gasteiger partial charge in [-0.05, 0) is 56.5 Å². The third kappa shape index (κ3) is 4.00. The Morgan fingerprint density at radius 2 is 1.83 bits per heavy atom. The van der Waals surface area contributed by atoms with Crippen molar-refractivity contribution in [1.82, 2.24) is 4.90 Å². The quantitative estimate of drug-likeness (QED) is 0.892. The van der Waals surface area contributed by atoms with Gasteiger partial charge in [-0.1, -0.05) is 11.6 Å². The van der Waals surface area contributed by atoms with Crippen molar-refractivity contribution >= 4 is 17.6 Å². The Bertz CT molecular complexity index is 420. The lowest BCUT2D eigenvalue weighted by Gasteiger charge is -2.26. The Morgan fingerprint density at radius 1 is 1.33 bits per heavy atom. The summed E-state index contributed by atoms with van der Waals surface area (Å²) in [4.78, 5) is 12.8. The van der Waals surface area contributed by atoms with Gasteiger partial charge in [-0.2, -0.15) is 0 Å². The smallest absolute Gasteiger partial charge is 0.317 e. The van der Waals surface area contributed by atoms with E-state index < -0.39 is 5.97 Å². The highest BCUT2D eigenvalue weighted by atomic mass is 35.5. The van der Waals surface area contributed by atoms with E-state index in [4.69, 9.17) is 16.7 Å². The predicted molar refractivity (Wildman–Crippen MR) is 74.1 cm³/mol. The first kappa shape index (κ1) is 15.0. The number of carboxylic acids is 1. The molecule has 0 bridgehead atoms. The number of benzene rings is 1. The van der Waals surface area contributed by atoms with E-state index >= 15 is 0 Å². The van der Waals surface area contributed by atoms with Crippen LogP contribution in [0.2, 0.25) is 5.02 Å². The van der Waals surface area contributed by atoms with E-state index in [9.17, 15) is 4.79 Å². The van der Waals surface area contributed by atoms with E-state index in [0.29, 0.717) is 6.54 Å². The van der Waals surface area contributed by atoms with Crippen LogP contribution in [0.5, 0.6) is 0 Å². The number of aryl methyl sites for hydroxylation is 2. The molecule has 0 radical (unpaired) electrons. The Kier molecular flexibility index (Phi) is 5.17. The lowest BCUT2D eigenvalue weighted by molar-refractivity contribution is -0.138. The van der Waals surface area contributed by atoms with E-state index in [-0.39, 0.29) is 12.6 Å². The fourth-order valence-electron chi connectivity index (χ4n) is 1.99. The van der Waals surface area contributed by atoms with Crippen LogP contribution in [0.4, 0.5) is 0 Å². The van der Waals surface area contributed by atoms with E-state index in [2.05, 4.69) is 0 Å². The lowest BCUT2D eigenvalue weighted by Crippen LogP contribution is -2.35. The van der Waals surface area contributed by atoms with Gasteiger partial charge in [0.2, 0.25) is 0 Å². The first-order chi connectivity index (χ1) is 8.31. The zero-order valence-electron chi connectivity index (χ0n) is 11.3. The average molecular weight is 270 g/mol. The molecule has 0 aliphatic carbocycles. The minimum absolute atomic E-state index is 0.0547. The number of hydrogen-bond donors (Lipinski definition) is 1. The molecule has 1 rings (SSSR count). The Balaban J connectivity index is 2.97. The molecular weight excluding hydrogens is 250 g/mol. The number of carbonyl (C=O) groups is 1. The molecule has 1 aromatic carbocycles. The lowest BCUT2D eigenvalue weighted by atomic mass is 10.0. The maximum absolute atomic E-state index is 10.9. The minimum atomic E-state index is -0.798. The van der Waals surface area contributed by atoms with Gasteiger partial charge < -0.3 is 5.11 Å². The predicted octanol–water partition coefficient (Wildman–Crippen LogP) is 3.25. The van der Waals surface area contributed by atoms with Crippen LogP contribution in [-0.4, -0.2) is 28.6 Å². The molecule has 1 aromatic rings. The molecule has 0 heterocycles. The average Bonchev–Trinajstić information content (AvgIpc) is 2.20. The van der Waals surface area contributed by atoms with Gasteiger partial charge in [0.05, 0.1) is 6.54 Å². The highest BCUT2D eigenvalue weighted by Gasteiger charge is 2.16. The Labute approximate surface area is 113 Å². The van der Waals surface area contributed by atoms with E-state index in [1.807, 2.05) is 44.7 Å². The second-order valence-electron chi connectivity index (χ2n) is 4.91. The van der Waals surface area contributed by atoms with Gasteiger partial charge in [-0.15, -0.1) is 0 Å². The topological polar surface area (TPSA) is 40.5 Å². The van der Waals surface area contributed by atoms with Crippen molar-refractivity contribution in [1.29, 1.82) is 0 Å². The van der Waals surface area contributed by atoms with Crippen LogP contribution in [0, 0.1) is 13.8 Å². The number of rotatable bonds is 5. The summed E-state index contributed by atoms with van der Waals surface area (Å²) in [5.41, 5.74) is 3.38. The maximum atomic E-state index is 10.9. The fraction of sp³-hybridized carbons (Fsp3) is 0.500. The molecule has 0 aliphatic heterocycles. The Hall–Kier alpha value is -1.06. The monoisotopic (exact) mass is 269 g/mol. The molecule has 0 amide bonds. The van der Waals surface area contributed by atoms with Crippen LogP contribution < -0.4 is 0 Å². The fourth-order valence-corrected chi connectivity index (χ4v) is 2.32. The van der Waals surface area contributed by atoms with Gasteiger partial charge >= 0.3 is 5.97 Å². The third-order valence-corrected chi connectivity index (χ3v) is 3.31. The van der Waals surface area contributed by atoms with Crippen molar-refractivity contribution in [3.63, 3.8) is 0 Å². The van der Waals surface area contributed by atoms with Gasteiger partial charge in [0.25, 0.3) is 0 Å². The highest BCUT2D eigenvalue weighted by Crippen LogP contribution is 2.22. The van der Waals surface area contributed by atoms with Crippen LogP contribution >= 0.6 is 11.6 Å². The number of carboxylic acid groups (broad SMARTS) is 1. The molecule has 3 nitrogen and oxygen atoms in total.